The number of benzene rings is 1. The predicted molar refractivity (Wildman–Crippen MR) is 94.3 cm³/mol. The second-order valence-corrected chi connectivity index (χ2v) is 7.69. The number of fused-ring (bicyclic) bond motifs is 1. The van der Waals surface area contributed by atoms with Crippen LogP contribution in [-0.4, -0.2) is 26.5 Å². The van der Waals surface area contributed by atoms with Gasteiger partial charge in [0.1, 0.15) is 24.3 Å². The molecule has 0 bridgehead atoms. The summed E-state index contributed by atoms with van der Waals surface area (Å²) >= 11 is 6.01. The zero-order chi connectivity index (χ0) is 18.1. The molecule has 11 heteroatoms. The number of rotatable bonds is 4. The Morgan fingerprint density at radius 2 is 2.31 bits per heavy atom. The second-order valence-electron chi connectivity index (χ2n) is 5.63. The van der Waals surface area contributed by atoms with Gasteiger partial charge in [0, 0.05) is 11.4 Å². The Bertz CT molecular complexity index is 997. The summed E-state index contributed by atoms with van der Waals surface area (Å²) in [4.78, 5) is 15.1. The molecule has 2 atom stereocenters. The number of aromatic amines is 1. The molecule has 0 radical (unpaired) electrons. The molecule has 3 heterocycles. The zero-order valence-corrected chi connectivity index (χ0v) is 15.1. The molecule has 1 aliphatic rings. The van der Waals surface area contributed by atoms with Gasteiger partial charge in [0.15, 0.2) is 11.5 Å². The third-order valence-corrected chi connectivity index (χ3v) is 5.52. The largest absolute Gasteiger partial charge is 0.475 e. The Kier molecular flexibility index (Phi) is 4.64. The molecule has 0 aliphatic carbocycles. The van der Waals surface area contributed by atoms with Crippen LogP contribution in [0.3, 0.4) is 0 Å². The van der Waals surface area contributed by atoms with Gasteiger partial charge in [-0.15, -0.1) is 0 Å². The number of nitrogens with two attached hydrogens (primary N) is 1. The van der Waals surface area contributed by atoms with Crippen molar-refractivity contribution in [3.8, 4) is 0 Å². The number of nitrogens with zero attached hydrogens (tertiary/aromatic N) is 3. The highest BCUT2D eigenvalue weighted by molar-refractivity contribution is 7.48. The van der Waals surface area contributed by atoms with Crippen molar-refractivity contribution in [3.05, 3.63) is 47.0 Å². The average Bonchev–Trinajstić information content (AvgIpc) is 3.05. The van der Waals surface area contributed by atoms with E-state index in [0.717, 1.165) is 5.56 Å². The fraction of sp³-hybridized carbons (Fsp3) is 0.267. The number of anilines is 1. The number of phosphoric ester groups is 1. The molecule has 4 rings (SSSR count). The number of aromatic nitrogens is 4. The van der Waals surface area contributed by atoms with Crippen molar-refractivity contribution in [2.75, 3.05) is 12.3 Å². The molecule has 1 saturated heterocycles. The van der Waals surface area contributed by atoms with E-state index in [-0.39, 0.29) is 19.0 Å². The fourth-order valence-electron chi connectivity index (χ4n) is 2.61. The average molecular weight is 396 g/mol. The summed E-state index contributed by atoms with van der Waals surface area (Å²) in [6.07, 6.45) is 1.45. The second kappa shape index (κ2) is 6.94. The van der Waals surface area contributed by atoms with Gasteiger partial charge in [-0.3, -0.25) is 13.6 Å². The Morgan fingerprint density at radius 3 is 3.12 bits per heavy atom. The van der Waals surface area contributed by atoms with Gasteiger partial charge in [-0.25, -0.2) is 19.5 Å². The van der Waals surface area contributed by atoms with E-state index < -0.39 is 13.9 Å². The van der Waals surface area contributed by atoms with Gasteiger partial charge in [0.05, 0.1) is 12.7 Å². The van der Waals surface area contributed by atoms with E-state index in [9.17, 15) is 4.57 Å². The van der Waals surface area contributed by atoms with Gasteiger partial charge in [-0.1, -0.05) is 23.7 Å². The molecule has 3 N–H and O–H groups in total. The molecule has 9 nitrogen and oxygen atoms in total. The molecule has 26 heavy (non-hydrogen) atoms. The smallest absolute Gasteiger partial charge is 0.382 e. The molecule has 0 saturated carbocycles. The molecule has 1 fully saturated rings. The Balaban J connectivity index is 1.47. The highest BCUT2D eigenvalue weighted by atomic mass is 35.5. The first-order chi connectivity index (χ1) is 12.5. The monoisotopic (exact) mass is 395 g/mol. The standard InChI is InChI=1S/C15H15ClN5O4P/c16-10-3-1-2-9(6-10)11-4-5-23-26(22,25-11)24-7-12-20-13-14(17)18-8-19-15(13)21-12/h1-3,6,8,11H,4-5,7H2,(H3,17,18,19,20,21). The van der Waals surface area contributed by atoms with Crippen molar-refractivity contribution in [2.45, 2.75) is 19.1 Å². The fourth-order valence-corrected chi connectivity index (χ4v) is 4.16. The molecule has 1 aromatic carbocycles. The van der Waals surface area contributed by atoms with Crippen LogP contribution in [0.15, 0.2) is 30.6 Å². The van der Waals surface area contributed by atoms with E-state index in [4.69, 9.17) is 30.9 Å². The van der Waals surface area contributed by atoms with Gasteiger partial charge in [-0.2, -0.15) is 0 Å². The lowest BCUT2D eigenvalue weighted by Crippen LogP contribution is -2.15. The number of hydrogen-bond donors (Lipinski definition) is 2. The molecule has 0 amide bonds. The third kappa shape index (κ3) is 3.58. The van der Waals surface area contributed by atoms with Crippen LogP contribution in [0.5, 0.6) is 0 Å². The van der Waals surface area contributed by atoms with E-state index in [0.29, 0.717) is 28.4 Å². The maximum Gasteiger partial charge on any atom is 0.475 e. The van der Waals surface area contributed by atoms with Crippen LogP contribution in [0.2, 0.25) is 5.02 Å². The highest BCUT2D eigenvalue weighted by Crippen LogP contribution is 2.57. The van der Waals surface area contributed by atoms with E-state index >= 15 is 0 Å². The minimum atomic E-state index is -3.74. The summed E-state index contributed by atoms with van der Waals surface area (Å²) in [5.74, 6) is 0.634. The van der Waals surface area contributed by atoms with E-state index in [2.05, 4.69) is 19.9 Å². The third-order valence-electron chi connectivity index (χ3n) is 3.83. The summed E-state index contributed by atoms with van der Waals surface area (Å²) in [5.41, 5.74) is 7.45. The van der Waals surface area contributed by atoms with Crippen LogP contribution in [0.4, 0.5) is 5.82 Å². The van der Waals surface area contributed by atoms with Crippen LogP contribution < -0.4 is 5.73 Å². The summed E-state index contributed by atoms with van der Waals surface area (Å²) in [5, 5.41) is 0.578. The van der Waals surface area contributed by atoms with Crippen molar-refractivity contribution in [2.24, 2.45) is 0 Å². The lowest BCUT2D eigenvalue weighted by atomic mass is 10.1. The number of halogens is 1. The van der Waals surface area contributed by atoms with Crippen LogP contribution >= 0.6 is 19.4 Å². The molecule has 136 valence electrons. The zero-order valence-electron chi connectivity index (χ0n) is 13.5. The maximum atomic E-state index is 12.8. The minimum absolute atomic E-state index is 0.116. The molecular weight excluding hydrogens is 381 g/mol. The van der Waals surface area contributed by atoms with Crippen LogP contribution in [-0.2, 0) is 24.7 Å². The van der Waals surface area contributed by atoms with Gasteiger partial charge >= 0.3 is 7.82 Å². The van der Waals surface area contributed by atoms with Gasteiger partial charge in [0.2, 0.25) is 0 Å². The summed E-state index contributed by atoms with van der Waals surface area (Å²) < 4.78 is 29.0. The quantitative estimate of drug-likeness (QED) is 0.644. The molecular formula is C15H15ClN5O4P. The number of nitrogen functional groups attached to an aromatic ring is 1. The lowest BCUT2D eigenvalue weighted by Gasteiger charge is -2.28. The summed E-state index contributed by atoms with van der Waals surface area (Å²) in [7, 11) is -3.74. The van der Waals surface area contributed by atoms with Crippen molar-refractivity contribution in [1.29, 1.82) is 0 Å². The lowest BCUT2D eigenvalue weighted by molar-refractivity contribution is 0.0246. The number of nitrogens with one attached hydrogen (secondary N) is 1. The van der Waals surface area contributed by atoms with E-state index in [1.807, 2.05) is 12.1 Å². The molecule has 1 aliphatic heterocycles. The van der Waals surface area contributed by atoms with Gasteiger partial charge < -0.3 is 10.7 Å². The SMILES string of the molecule is Nc1ncnc2[nH]c(COP3(=O)OCCC(c4cccc(Cl)c4)O3)nc12. The highest BCUT2D eigenvalue weighted by Gasteiger charge is 2.36. The van der Waals surface area contributed by atoms with Gasteiger partial charge in [0.25, 0.3) is 0 Å². The van der Waals surface area contributed by atoms with E-state index in [1.54, 1.807) is 12.1 Å². The molecule has 3 aromatic rings. The Labute approximate surface area is 153 Å². The number of imidazole rings is 1. The summed E-state index contributed by atoms with van der Waals surface area (Å²) in [6.45, 7) is 0.127. The van der Waals surface area contributed by atoms with Gasteiger partial charge in [-0.05, 0) is 17.7 Å². The minimum Gasteiger partial charge on any atom is -0.382 e. The molecule has 2 aromatic heterocycles. The van der Waals surface area contributed by atoms with Crippen molar-refractivity contribution in [1.82, 2.24) is 19.9 Å². The molecule has 2 unspecified atom stereocenters. The van der Waals surface area contributed by atoms with Crippen LogP contribution in [0.25, 0.3) is 11.2 Å². The number of H-pyrrole nitrogens is 1. The molecule has 0 spiro atoms. The van der Waals surface area contributed by atoms with Crippen molar-refractivity contribution < 1.29 is 18.1 Å². The van der Waals surface area contributed by atoms with Crippen LogP contribution in [0.1, 0.15) is 23.9 Å². The predicted octanol–water partition coefficient (Wildman–Crippen LogP) is 3.39. The first kappa shape index (κ1) is 17.4. The normalized spacial score (nSPS) is 23.3. The first-order valence-corrected chi connectivity index (χ1v) is 9.64. The Hall–Kier alpha value is -2.03. The van der Waals surface area contributed by atoms with E-state index in [1.165, 1.54) is 6.33 Å². The summed E-state index contributed by atoms with van der Waals surface area (Å²) in [6, 6.07) is 7.19. The number of phosphoric acid groups is 1. The van der Waals surface area contributed by atoms with Crippen molar-refractivity contribution in [3.63, 3.8) is 0 Å². The van der Waals surface area contributed by atoms with Crippen molar-refractivity contribution >= 4 is 36.4 Å². The number of hydrogen-bond acceptors (Lipinski definition) is 8. The Morgan fingerprint density at radius 1 is 1.42 bits per heavy atom. The first-order valence-electron chi connectivity index (χ1n) is 7.80. The maximum absolute atomic E-state index is 12.8. The van der Waals surface area contributed by atoms with Crippen LogP contribution in [0, 0.1) is 0 Å². The topological polar surface area (TPSA) is 125 Å².